The second-order valence-corrected chi connectivity index (χ2v) is 6.53. The highest BCUT2D eigenvalue weighted by molar-refractivity contribution is 7.16. The number of esters is 1. The fraction of sp³-hybridized carbons (Fsp3) is 0.176. The van der Waals surface area contributed by atoms with Crippen LogP contribution in [0.25, 0.3) is 0 Å². The average molecular weight is 384 g/mol. The molecular weight excluding hydrogens is 368 g/mol. The molecule has 3 rings (SSSR count). The van der Waals surface area contributed by atoms with Crippen LogP contribution in [0.2, 0.25) is 0 Å². The van der Waals surface area contributed by atoms with Gasteiger partial charge in [-0.15, -0.1) is 11.3 Å². The number of hydrogen-bond acceptors (Lipinski definition) is 9. The van der Waals surface area contributed by atoms with Gasteiger partial charge in [-0.3, -0.25) is 9.59 Å². The Hall–Kier alpha value is -3.40. The third-order valence-corrected chi connectivity index (χ3v) is 4.15. The van der Waals surface area contributed by atoms with E-state index in [1.165, 1.54) is 23.9 Å². The highest BCUT2D eigenvalue weighted by Crippen LogP contribution is 2.28. The molecule has 0 saturated carbocycles. The Morgan fingerprint density at radius 2 is 1.96 bits per heavy atom. The van der Waals surface area contributed by atoms with Crippen molar-refractivity contribution >= 4 is 39.7 Å². The first-order valence-electron chi connectivity index (χ1n) is 8.02. The van der Waals surface area contributed by atoms with Gasteiger partial charge in [0.15, 0.2) is 5.69 Å². The molecule has 9 nitrogen and oxygen atoms in total. The van der Waals surface area contributed by atoms with Crippen LogP contribution in [0.1, 0.15) is 28.8 Å². The molecule has 0 bridgehead atoms. The standard InChI is InChI=1S/C17H16N6O3S/c1-3-14(24)26-12-4-5-13(20-8-12)23-16(25)15-17(27-10(2)21-15)22-11-6-18-9-19-7-11/h4-9,22H,3H2,1-2H3,(H,20,23,25). The number of carbonyl (C=O) groups is 2. The predicted molar refractivity (Wildman–Crippen MR) is 100 cm³/mol. The number of rotatable bonds is 6. The highest BCUT2D eigenvalue weighted by Gasteiger charge is 2.18. The minimum Gasteiger partial charge on any atom is -0.425 e. The maximum atomic E-state index is 12.6. The molecule has 3 heterocycles. The van der Waals surface area contributed by atoms with Crippen LogP contribution in [-0.4, -0.2) is 31.8 Å². The molecule has 2 N–H and O–H groups in total. The van der Waals surface area contributed by atoms with Crippen LogP contribution in [0.3, 0.4) is 0 Å². The monoisotopic (exact) mass is 384 g/mol. The Balaban J connectivity index is 1.72. The number of aromatic nitrogens is 4. The Kier molecular flexibility index (Phi) is 5.67. The quantitative estimate of drug-likeness (QED) is 0.623. The number of pyridine rings is 1. The molecule has 0 saturated heterocycles. The number of nitrogens with zero attached hydrogens (tertiary/aromatic N) is 4. The van der Waals surface area contributed by atoms with Crippen molar-refractivity contribution in [2.24, 2.45) is 0 Å². The highest BCUT2D eigenvalue weighted by atomic mass is 32.1. The zero-order valence-electron chi connectivity index (χ0n) is 14.6. The van der Waals surface area contributed by atoms with Gasteiger partial charge in [0.25, 0.3) is 5.91 Å². The van der Waals surface area contributed by atoms with E-state index in [4.69, 9.17) is 4.74 Å². The number of amides is 1. The summed E-state index contributed by atoms with van der Waals surface area (Å²) in [5.41, 5.74) is 0.889. The second-order valence-electron chi connectivity index (χ2n) is 5.32. The van der Waals surface area contributed by atoms with Gasteiger partial charge in [-0.25, -0.2) is 19.9 Å². The van der Waals surface area contributed by atoms with Crippen molar-refractivity contribution in [1.29, 1.82) is 0 Å². The van der Waals surface area contributed by atoms with Crippen LogP contribution < -0.4 is 15.4 Å². The van der Waals surface area contributed by atoms with E-state index in [1.807, 2.05) is 6.92 Å². The molecule has 138 valence electrons. The van der Waals surface area contributed by atoms with Gasteiger partial charge in [-0.1, -0.05) is 6.92 Å². The number of ether oxygens (including phenoxy) is 1. The lowest BCUT2D eigenvalue weighted by atomic mass is 10.3. The van der Waals surface area contributed by atoms with Gasteiger partial charge in [0.1, 0.15) is 22.9 Å². The normalized spacial score (nSPS) is 10.3. The van der Waals surface area contributed by atoms with Gasteiger partial charge in [-0.05, 0) is 19.1 Å². The van der Waals surface area contributed by atoms with Crippen molar-refractivity contribution in [2.45, 2.75) is 20.3 Å². The summed E-state index contributed by atoms with van der Waals surface area (Å²) in [6.45, 7) is 3.51. The number of anilines is 3. The molecule has 1 amide bonds. The maximum Gasteiger partial charge on any atom is 0.310 e. The topological polar surface area (TPSA) is 119 Å². The van der Waals surface area contributed by atoms with E-state index < -0.39 is 5.91 Å². The smallest absolute Gasteiger partial charge is 0.310 e. The van der Waals surface area contributed by atoms with E-state index in [-0.39, 0.29) is 18.1 Å². The number of thiazole rings is 1. The summed E-state index contributed by atoms with van der Waals surface area (Å²) in [5, 5.41) is 7.07. The molecule has 3 aromatic rings. The molecule has 0 unspecified atom stereocenters. The zero-order chi connectivity index (χ0) is 19.2. The lowest BCUT2D eigenvalue weighted by Crippen LogP contribution is -2.15. The number of nitrogens with one attached hydrogen (secondary N) is 2. The Morgan fingerprint density at radius 1 is 1.19 bits per heavy atom. The lowest BCUT2D eigenvalue weighted by molar-refractivity contribution is -0.134. The predicted octanol–water partition coefficient (Wildman–Crippen LogP) is 2.95. The van der Waals surface area contributed by atoms with Gasteiger partial charge in [0, 0.05) is 6.42 Å². The van der Waals surface area contributed by atoms with Crippen LogP contribution >= 0.6 is 11.3 Å². The molecule has 0 radical (unpaired) electrons. The fourth-order valence-electron chi connectivity index (χ4n) is 2.05. The average Bonchev–Trinajstić information content (AvgIpc) is 3.04. The van der Waals surface area contributed by atoms with Crippen molar-refractivity contribution in [2.75, 3.05) is 10.6 Å². The molecule has 0 aliphatic rings. The van der Waals surface area contributed by atoms with Gasteiger partial charge < -0.3 is 15.4 Å². The molecule has 0 aromatic carbocycles. The Bertz CT molecular complexity index is 943. The van der Waals surface area contributed by atoms with E-state index >= 15 is 0 Å². The van der Waals surface area contributed by atoms with Gasteiger partial charge in [0.2, 0.25) is 0 Å². The summed E-state index contributed by atoms with van der Waals surface area (Å²) in [5.74, 6) is -0.136. The van der Waals surface area contributed by atoms with E-state index in [9.17, 15) is 9.59 Å². The van der Waals surface area contributed by atoms with Gasteiger partial charge >= 0.3 is 5.97 Å². The van der Waals surface area contributed by atoms with E-state index in [0.29, 0.717) is 22.3 Å². The molecular formula is C17H16N6O3S. The third-order valence-electron chi connectivity index (χ3n) is 3.27. The van der Waals surface area contributed by atoms with Gasteiger partial charge in [-0.2, -0.15) is 0 Å². The van der Waals surface area contributed by atoms with Crippen LogP contribution in [0.5, 0.6) is 5.75 Å². The summed E-state index contributed by atoms with van der Waals surface area (Å²) in [6, 6.07) is 3.11. The molecule has 3 aromatic heterocycles. The molecule has 10 heteroatoms. The molecule has 0 atom stereocenters. The first kappa shape index (κ1) is 18.4. The zero-order valence-corrected chi connectivity index (χ0v) is 15.4. The van der Waals surface area contributed by atoms with Crippen LogP contribution in [0.15, 0.2) is 37.1 Å². The minimum absolute atomic E-state index is 0.240. The first-order valence-corrected chi connectivity index (χ1v) is 8.84. The van der Waals surface area contributed by atoms with Crippen molar-refractivity contribution in [3.63, 3.8) is 0 Å². The number of hydrogen-bond donors (Lipinski definition) is 2. The largest absolute Gasteiger partial charge is 0.425 e. The van der Waals surface area contributed by atoms with E-state index in [1.54, 1.807) is 31.5 Å². The molecule has 0 spiro atoms. The van der Waals surface area contributed by atoms with Crippen molar-refractivity contribution in [3.05, 3.63) is 47.8 Å². The summed E-state index contributed by atoms with van der Waals surface area (Å²) in [7, 11) is 0. The summed E-state index contributed by atoms with van der Waals surface area (Å²) >= 11 is 1.34. The molecule has 0 fully saturated rings. The summed E-state index contributed by atoms with van der Waals surface area (Å²) in [6.07, 6.45) is 6.26. The van der Waals surface area contributed by atoms with Crippen LogP contribution in [0, 0.1) is 6.92 Å². The Morgan fingerprint density at radius 3 is 2.63 bits per heavy atom. The fourth-order valence-corrected chi connectivity index (χ4v) is 2.89. The second kappa shape index (κ2) is 8.32. The lowest BCUT2D eigenvalue weighted by Gasteiger charge is -2.07. The molecule has 27 heavy (non-hydrogen) atoms. The molecule has 0 aliphatic heterocycles. The number of carbonyl (C=O) groups excluding carboxylic acids is 2. The van der Waals surface area contributed by atoms with E-state index in [2.05, 4.69) is 30.6 Å². The van der Waals surface area contributed by atoms with Crippen molar-refractivity contribution in [3.8, 4) is 5.75 Å². The van der Waals surface area contributed by atoms with Crippen molar-refractivity contribution in [1.82, 2.24) is 19.9 Å². The third kappa shape index (κ3) is 4.82. The van der Waals surface area contributed by atoms with E-state index in [0.717, 1.165) is 5.01 Å². The van der Waals surface area contributed by atoms with Crippen LogP contribution in [-0.2, 0) is 4.79 Å². The maximum absolute atomic E-state index is 12.6. The first-order chi connectivity index (χ1) is 13.0. The van der Waals surface area contributed by atoms with Crippen LogP contribution in [0.4, 0.5) is 16.5 Å². The van der Waals surface area contributed by atoms with Crippen molar-refractivity contribution < 1.29 is 14.3 Å². The Labute approximate surface area is 158 Å². The van der Waals surface area contributed by atoms with Gasteiger partial charge in [0.05, 0.1) is 29.3 Å². The number of aryl methyl sites for hydroxylation is 1. The SMILES string of the molecule is CCC(=O)Oc1ccc(NC(=O)c2nc(C)sc2Nc2cncnc2)nc1. The molecule has 0 aliphatic carbocycles. The minimum atomic E-state index is -0.412. The summed E-state index contributed by atoms with van der Waals surface area (Å²) < 4.78 is 5.05. The summed E-state index contributed by atoms with van der Waals surface area (Å²) in [4.78, 5) is 40.1.